The van der Waals surface area contributed by atoms with Gasteiger partial charge in [0.15, 0.2) is 5.84 Å². The minimum atomic E-state index is -4.50. The molecule has 0 radical (unpaired) electrons. The summed E-state index contributed by atoms with van der Waals surface area (Å²) < 4.78 is 43.2. The fraction of sp³-hybridized carbons (Fsp3) is 0.900. The van der Waals surface area contributed by atoms with Crippen LogP contribution >= 0.6 is 0 Å². The molecular formula is C10H18F3N3O2. The first-order chi connectivity index (χ1) is 8.38. The van der Waals surface area contributed by atoms with Crippen molar-refractivity contribution < 1.29 is 23.1 Å². The lowest BCUT2D eigenvalue weighted by Gasteiger charge is -2.24. The maximum absolute atomic E-state index is 12.7. The van der Waals surface area contributed by atoms with Gasteiger partial charge >= 0.3 is 6.18 Å². The fourth-order valence-electron chi connectivity index (χ4n) is 2.14. The van der Waals surface area contributed by atoms with Crippen molar-refractivity contribution in [2.75, 3.05) is 33.4 Å². The van der Waals surface area contributed by atoms with Gasteiger partial charge in [0.2, 0.25) is 0 Å². The largest absolute Gasteiger partial charge is 0.409 e. The second-order valence-corrected chi connectivity index (χ2v) is 4.49. The van der Waals surface area contributed by atoms with Gasteiger partial charge in [-0.3, -0.25) is 0 Å². The van der Waals surface area contributed by atoms with Crippen LogP contribution in [0.4, 0.5) is 13.2 Å². The van der Waals surface area contributed by atoms with Gasteiger partial charge in [0.25, 0.3) is 0 Å². The molecule has 0 spiro atoms. The molecule has 106 valence electrons. The summed E-state index contributed by atoms with van der Waals surface area (Å²) in [6.07, 6.45) is -3.70. The lowest BCUT2D eigenvalue weighted by Crippen LogP contribution is -2.44. The van der Waals surface area contributed by atoms with Crippen molar-refractivity contribution in [3.05, 3.63) is 0 Å². The molecule has 1 rings (SSSR count). The van der Waals surface area contributed by atoms with E-state index >= 15 is 0 Å². The van der Waals surface area contributed by atoms with E-state index in [1.165, 1.54) is 0 Å². The number of oxime groups is 1. The van der Waals surface area contributed by atoms with Crippen LogP contribution in [-0.4, -0.2) is 55.5 Å². The third kappa shape index (κ3) is 4.02. The Balaban J connectivity index is 2.58. The Labute approximate surface area is 103 Å². The van der Waals surface area contributed by atoms with Crippen LogP contribution in [0.25, 0.3) is 0 Å². The predicted octanol–water partition coefficient (Wildman–Crippen LogP) is 0.880. The molecule has 0 aromatic heterocycles. The number of hydrogen-bond donors (Lipinski definition) is 2. The molecule has 1 saturated heterocycles. The Bertz CT molecular complexity index is 297. The summed E-state index contributed by atoms with van der Waals surface area (Å²) in [4.78, 5) is 1.67. The lowest BCUT2D eigenvalue weighted by molar-refractivity contribution is -0.159. The highest BCUT2D eigenvalue weighted by Gasteiger charge is 2.44. The van der Waals surface area contributed by atoms with Gasteiger partial charge in [-0.2, -0.15) is 13.2 Å². The average Bonchev–Trinajstić information content (AvgIpc) is 2.72. The second kappa shape index (κ2) is 6.24. The molecular weight excluding hydrogens is 251 g/mol. The van der Waals surface area contributed by atoms with Gasteiger partial charge in [0.1, 0.15) is 5.92 Å². The van der Waals surface area contributed by atoms with Crippen molar-refractivity contribution in [3.8, 4) is 0 Å². The molecule has 3 N–H and O–H groups in total. The summed E-state index contributed by atoms with van der Waals surface area (Å²) in [5.74, 6) is -2.47. The van der Waals surface area contributed by atoms with Crippen LogP contribution in [0.1, 0.15) is 6.42 Å². The molecule has 5 nitrogen and oxygen atoms in total. The third-order valence-electron chi connectivity index (χ3n) is 3.08. The molecule has 2 unspecified atom stereocenters. The van der Waals surface area contributed by atoms with E-state index in [1.54, 1.807) is 12.0 Å². The average molecular weight is 269 g/mol. The first kappa shape index (κ1) is 15.0. The minimum Gasteiger partial charge on any atom is -0.409 e. The molecule has 2 atom stereocenters. The lowest BCUT2D eigenvalue weighted by atomic mass is 10.1. The van der Waals surface area contributed by atoms with Gasteiger partial charge in [0.05, 0.1) is 6.61 Å². The van der Waals surface area contributed by atoms with Crippen LogP contribution < -0.4 is 5.73 Å². The van der Waals surface area contributed by atoms with Gasteiger partial charge in [-0.15, -0.1) is 0 Å². The van der Waals surface area contributed by atoms with Gasteiger partial charge < -0.3 is 20.6 Å². The van der Waals surface area contributed by atoms with Gasteiger partial charge in [-0.05, 0) is 18.9 Å². The Kier molecular flexibility index (Phi) is 5.21. The molecule has 0 aromatic carbocycles. The number of rotatable bonds is 5. The summed E-state index contributed by atoms with van der Waals surface area (Å²) >= 11 is 0. The summed E-state index contributed by atoms with van der Waals surface area (Å²) in [5.41, 5.74) is 5.10. The van der Waals surface area contributed by atoms with Crippen LogP contribution in [0.2, 0.25) is 0 Å². The monoisotopic (exact) mass is 269 g/mol. The number of likely N-dealkylation sites (tertiary alicyclic amines) is 1. The molecule has 18 heavy (non-hydrogen) atoms. The Morgan fingerprint density at radius 2 is 2.28 bits per heavy atom. The van der Waals surface area contributed by atoms with E-state index in [9.17, 15) is 13.2 Å². The Hall–Kier alpha value is -1.02. The molecule has 1 heterocycles. The number of halogens is 3. The molecule has 0 bridgehead atoms. The SMILES string of the molecule is COCC1CCN(CC(C(N)=NO)C(F)(F)F)C1. The van der Waals surface area contributed by atoms with E-state index in [-0.39, 0.29) is 12.5 Å². The van der Waals surface area contributed by atoms with E-state index in [0.29, 0.717) is 19.7 Å². The van der Waals surface area contributed by atoms with E-state index in [4.69, 9.17) is 15.7 Å². The Morgan fingerprint density at radius 3 is 2.78 bits per heavy atom. The highest BCUT2D eigenvalue weighted by atomic mass is 19.4. The summed E-state index contributed by atoms with van der Waals surface area (Å²) in [6, 6.07) is 0. The predicted molar refractivity (Wildman–Crippen MR) is 59.4 cm³/mol. The number of nitrogens with zero attached hydrogens (tertiary/aromatic N) is 2. The number of ether oxygens (including phenoxy) is 1. The Morgan fingerprint density at radius 1 is 1.61 bits per heavy atom. The topological polar surface area (TPSA) is 71.1 Å². The summed E-state index contributed by atoms with van der Waals surface area (Å²) in [7, 11) is 1.57. The van der Waals surface area contributed by atoms with Crippen LogP contribution in [0.15, 0.2) is 5.16 Å². The van der Waals surface area contributed by atoms with Crippen molar-refractivity contribution in [2.24, 2.45) is 22.7 Å². The van der Waals surface area contributed by atoms with Crippen molar-refractivity contribution in [1.29, 1.82) is 0 Å². The number of alkyl halides is 3. The second-order valence-electron chi connectivity index (χ2n) is 4.49. The zero-order valence-corrected chi connectivity index (χ0v) is 10.2. The van der Waals surface area contributed by atoms with Crippen LogP contribution in [0.3, 0.4) is 0 Å². The van der Waals surface area contributed by atoms with Gasteiger partial charge in [-0.1, -0.05) is 5.16 Å². The minimum absolute atomic E-state index is 0.246. The normalized spacial score (nSPS) is 24.4. The highest BCUT2D eigenvalue weighted by Crippen LogP contribution is 2.29. The van der Waals surface area contributed by atoms with Crippen molar-refractivity contribution in [1.82, 2.24) is 4.90 Å². The zero-order chi connectivity index (χ0) is 13.8. The first-order valence-corrected chi connectivity index (χ1v) is 5.64. The number of nitrogens with two attached hydrogens (primary N) is 1. The highest BCUT2D eigenvalue weighted by molar-refractivity contribution is 5.83. The van der Waals surface area contributed by atoms with Crippen LogP contribution in [-0.2, 0) is 4.74 Å². The molecule has 0 aliphatic carbocycles. The molecule has 1 aliphatic heterocycles. The van der Waals surface area contributed by atoms with Gasteiger partial charge in [0, 0.05) is 20.2 Å². The van der Waals surface area contributed by atoms with Gasteiger partial charge in [-0.25, -0.2) is 0 Å². The van der Waals surface area contributed by atoms with E-state index in [0.717, 1.165) is 6.42 Å². The molecule has 1 fully saturated rings. The molecule has 0 aromatic rings. The van der Waals surface area contributed by atoms with Crippen molar-refractivity contribution in [3.63, 3.8) is 0 Å². The quantitative estimate of drug-likeness (QED) is 0.336. The molecule has 1 aliphatic rings. The number of amidine groups is 1. The zero-order valence-electron chi connectivity index (χ0n) is 10.2. The smallest absolute Gasteiger partial charge is 0.400 e. The maximum atomic E-state index is 12.7. The molecule has 0 saturated carbocycles. The maximum Gasteiger partial charge on any atom is 0.400 e. The third-order valence-corrected chi connectivity index (χ3v) is 3.08. The number of methoxy groups -OCH3 is 1. The first-order valence-electron chi connectivity index (χ1n) is 5.64. The standard InChI is InChI=1S/C10H18F3N3O2/c1-18-6-7-2-3-16(4-7)5-8(9(14)15-17)10(11,12)13/h7-8,17H,2-6H2,1H3,(H2,14,15). The summed E-state index contributed by atoms with van der Waals surface area (Å²) in [6.45, 7) is 1.37. The number of hydrogen-bond acceptors (Lipinski definition) is 4. The van der Waals surface area contributed by atoms with Crippen LogP contribution in [0.5, 0.6) is 0 Å². The molecule has 8 heteroatoms. The van der Waals surface area contributed by atoms with E-state index in [2.05, 4.69) is 5.16 Å². The van der Waals surface area contributed by atoms with Crippen LogP contribution in [0, 0.1) is 11.8 Å². The van der Waals surface area contributed by atoms with Crippen molar-refractivity contribution >= 4 is 5.84 Å². The fourth-order valence-corrected chi connectivity index (χ4v) is 2.14. The van der Waals surface area contributed by atoms with E-state index < -0.39 is 17.9 Å². The molecule has 0 amide bonds. The summed E-state index contributed by atoms with van der Waals surface area (Å²) in [5, 5.41) is 10.9. The van der Waals surface area contributed by atoms with Crippen molar-refractivity contribution in [2.45, 2.75) is 12.6 Å². The van der Waals surface area contributed by atoms with E-state index in [1.807, 2.05) is 0 Å².